The Bertz CT molecular complexity index is 258. The molecule has 0 aliphatic carbocycles. The van der Waals surface area contributed by atoms with E-state index in [1.807, 2.05) is 0 Å². The van der Waals surface area contributed by atoms with Gasteiger partial charge in [0.25, 0.3) is 5.91 Å². The van der Waals surface area contributed by atoms with E-state index in [2.05, 4.69) is 10.6 Å². The molecule has 3 N–H and O–H groups in total. The van der Waals surface area contributed by atoms with E-state index < -0.39 is 11.8 Å². The zero-order valence-corrected chi connectivity index (χ0v) is 6.60. The van der Waals surface area contributed by atoms with Crippen LogP contribution < -0.4 is 10.6 Å². The Morgan fingerprint density at radius 2 is 2.25 bits per heavy atom. The molecule has 12 heavy (non-hydrogen) atoms. The van der Waals surface area contributed by atoms with Crippen LogP contribution in [0.25, 0.3) is 0 Å². The molecule has 1 saturated heterocycles. The van der Waals surface area contributed by atoms with Crippen molar-refractivity contribution in [2.24, 2.45) is 0 Å². The fourth-order valence-electron chi connectivity index (χ4n) is 0.928. The Labute approximate surface area is 69.3 Å². The molecule has 1 heterocycles. The number of hydrogen-bond donors (Lipinski definition) is 3. The van der Waals surface area contributed by atoms with Gasteiger partial charge in [0, 0.05) is 13.2 Å². The lowest BCUT2D eigenvalue weighted by molar-refractivity contribution is -0.128. The summed E-state index contributed by atoms with van der Waals surface area (Å²) in [6, 6.07) is 0. The van der Waals surface area contributed by atoms with Gasteiger partial charge in [-0.15, -0.1) is 0 Å². The van der Waals surface area contributed by atoms with Gasteiger partial charge in [0.05, 0.1) is 17.7 Å². The fourth-order valence-corrected chi connectivity index (χ4v) is 0.928. The normalized spacial score (nSPS) is 21.1. The summed E-state index contributed by atoms with van der Waals surface area (Å²) in [4.78, 5) is 21.7. The first-order valence-electron chi connectivity index (χ1n) is 3.44. The first kappa shape index (κ1) is 8.45. The van der Waals surface area contributed by atoms with E-state index in [4.69, 9.17) is 5.41 Å². The summed E-state index contributed by atoms with van der Waals surface area (Å²) in [7, 11) is 1.63. The van der Waals surface area contributed by atoms with Gasteiger partial charge in [0.2, 0.25) is 5.91 Å². The zero-order valence-electron chi connectivity index (χ0n) is 6.60. The molecule has 0 unspecified atom stereocenters. The number of hydrogen-bond acceptors (Lipinski definition) is 4. The highest BCUT2D eigenvalue weighted by Gasteiger charge is 2.24. The highest BCUT2D eigenvalue weighted by Crippen LogP contribution is 2.05. The van der Waals surface area contributed by atoms with Crippen molar-refractivity contribution in [3.05, 3.63) is 11.8 Å². The molecule has 0 atom stereocenters. The summed E-state index contributed by atoms with van der Waals surface area (Å²) in [6.45, 7) is 0. The SMILES string of the molecule is CN/C=C1\C(=N)CC(=O)NC1=O. The number of carbonyl (C=O) groups is 2. The van der Waals surface area contributed by atoms with Crippen LogP contribution in [-0.2, 0) is 9.59 Å². The molecular formula is C7H9N3O2. The molecule has 0 aromatic rings. The van der Waals surface area contributed by atoms with Gasteiger partial charge in [-0.2, -0.15) is 0 Å². The Morgan fingerprint density at radius 3 is 2.75 bits per heavy atom. The number of imide groups is 1. The van der Waals surface area contributed by atoms with Crippen LogP contribution in [0, 0.1) is 5.41 Å². The minimum Gasteiger partial charge on any atom is -0.393 e. The second-order valence-corrected chi connectivity index (χ2v) is 2.38. The van der Waals surface area contributed by atoms with E-state index in [1.54, 1.807) is 7.05 Å². The van der Waals surface area contributed by atoms with Crippen LogP contribution in [0.3, 0.4) is 0 Å². The van der Waals surface area contributed by atoms with Crippen molar-refractivity contribution in [1.29, 1.82) is 5.41 Å². The maximum atomic E-state index is 11.0. The Hall–Kier alpha value is -1.65. The first-order valence-corrected chi connectivity index (χ1v) is 3.44. The van der Waals surface area contributed by atoms with Crippen molar-refractivity contribution in [1.82, 2.24) is 10.6 Å². The second kappa shape index (κ2) is 3.17. The molecule has 5 nitrogen and oxygen atoms in total. The van der Waals surface area contributed by atoms with Crippen LogP contribution in [0.2, 0.25) is 0 Å². The minimum atomic E-state index is -0.509. The monoisotopic (exact) mass is 167 g/mol. The average molecular weight is 167 g/mol. The molecule has 0 bridgehead atoms. The molecule has 1 aliphatic heterocycles. The van der Waals surface area contributed by atoms with Crippen LogP contribution in [0.5, 0.6) is 0 Å². The third kappa shape index (κ3) is 1.50. The fraction of sp³-hybridized carbons (Fsp3) is 0.286. The lowest BCUT2D eigenvalue weighted by Crippen LogP contribution is -2.41. The molecule has 1 fully saturated rings. The van der Waals surface area contributed by atoms with Crippen molar-refractivity contribution >= 4 is 17.5 Å². The zero-order chi connectivity index (χ0) is 9.14. The molecule has 64 valence electrons. The summed E-state index contributed by atoms with van der Waals surface area (Å²) in [5.41, 5.74) is 0.273. The summed E-state index contributed by atoms with van der Waals surface area (Å²) in [5, 5.41) is 12.1. The van der Waals surface area contributed by atoms with Gasteiger partial charge >= 0.3 is 0 Å². The second-order valence-electron chi connectivity index (χ2n) is 2.38. The molecule has 0 aromatic heterocycles. The molecule has 2 amide bonds. The molecule has 1 rings (SSSR count). The third-order valence-electron chi connectivity index (χ3n) is 1.45. The van der Waals surface area contributed by atoms with Crippen molar-refractivity contribution in [3.63, 3.8) is 0 Å². The summed E-state index contributed by atoms with van der Waals surface area (Å²) in [5.74, 6) is -0.927. The van der Waals surface area contributed by atoms with Crippen molar-refractivity contribution in [3.8, 4) is 0 Å². The predicted octanol–water partition coefficient (Wildman–Crippen LogP) is -0.844. The Balaban J connectivity index is 2.88. The van der Waals surface area contributed by atoms with E-state index in [0.29, 0.717) is 0 Å². The van der Waals surface area contributed by atoms with Crippen LogP contribution in [-0.4, -0.2) is 24.6 Å². The van der Waals surface area contributed by atoms with Crippen LogP contribution in [0.1, 0.15) is 6.42 Å². The van der Waals surface area contributed by atoms with Crippen LogP contribution >= 0.6 is 0 Å². The Kier molecular flexibility index (Phi) is 2.23. The lowest BCUT2D eigenvalue weighted by atomic mass is 10.0. The highest BCUT2D eigenvalue weighted by molar-refractivity contribution is 6.31. The maximum absolute atomic E-state index is 11.0. The average Bonchev–Trinajstić information content (AvgIpc) is 1.96. The predicted molar refractivity (Wildman–Crippen MR) is 42.6 cm³/mol. The number of amides is 2. The quantitative estimate of drug-likeness (QED) is 0.351. The van der Waals surface area contributed by atoms with Gasteiger partial charge in [-0.1, -0.05) is 0 Å². The van der Waals surface area contributed by atoms with Crippen LogP contribution in [0.4, 0.5) is 0 Å². The van der Waals surface area contributed by atoms with Gasteiger partial charge < -0.3 is 10.7 Å². The number of carbonyl (C=O) groups excluding carboxylic acids is 2. The Morgan fingerprint density at radius 1 is 1.58 bits per heavy atom. The van der Waals surface area contributed by atoms with E-state index in [0.717, 1.165) is 0 Å². The molecule has 5 heteroatoms. The van der Waals surface area contributed by atoms with E-state index in [9.17, 15) is 9.59 Å². The number of rotatable bonds is 1. The van der Waals surface area contributed by atoms with Crippen molar-refractivity contribution < 1.29 is 9.59 Å². The largest absolute Gasteiger partial charge is 0.393 e. The smallest absolute Gasteiger partial charge is 0.261 e. The molecule has 0 aromatic carbocycles. The topological polar surface area (TPSA) is 82.1 Å². The summed E-state index contributed by atoms with van der Waals surface area (Å²) in [6.07, 6.45) is 1.38. The summed E-state index contributed by atoms with van der Waals surface area (Å²) >= 11 is 0. The number of nitrogens with one attached hydrogen (secondary N) is 3. The van der Waals surface area contributed by atoms with Crippen LogP contribution in [0.15, 0.2) is 11.8 Å². The summed E-state index contributed by atoms with van der Waals surface area (Å²) < 4.78 is 0. The third-order valence-corrected chi connectivity index (χ3v) is 1.45. The van der Waals surface area contributed by atoms with E-state index in [-0.39, 0.29) is 17.7 Å². The highest BCUT2D eigenvalue weighted by atomic mass is 16.2. The van der Waals surface area contributed by atoms with Gasteiger partial charge in [-0.25, -0.2) is 0 Å². The maximum Gasteiger partial charge on any atom is 0.261 e. The lowest BCUT2D eigenvalue weighted by Gasteiger charge is -2.14. The molecular weight excluding hydrogens is 158 g/mol. The molecule has 0 radical (unpaired) electrons. The van der Waals surface area contributed by atoms with Gasteiger partial charge in [0.15, 0.2) is 0 Å². The molecule has 0 saturated carbocycles. The van der Waals surface area contributed by atoms with Gasteiger partial charge in [-0.3, -0.25) is 14.9 Å². The molecule has 1 aliphatic rings. The van der Waals surface area contributed by atoms with Gasteiger partial charge in [0.1, 0.15) is 0 Å². The van der Waals surface area contributed by atoms with Gasteiger partial charge in [-0.05, 0) is 0 Å². The van der Waals surface area contributed by atoms with Crippen molar-refractivity contribution in [2.45, 2.75) is 6.42 Å². The van der Waals surface area contributed by atoms with E-state index >= 15 is 0 Å². The van der Waals surface area contributed by atoms with E-state index in [1.165, 1.54) is 6.20 Å². The number of piperidine rings is 1. The standard InChI is InChI=1S/C7H9N3O2/c1-9-3-4-5(8)2-6(11)10-7(4)12/h3,8-9H,2H2,1H3,(H,10,11,12)/b4-3+,8-5?. The minimum absolute atomic E-state index is 0.0285. The molecule has 0 spiro atoms. The van der Waals surface area contributed by atoms with Crippen molar-refractivity contribution in [2.75, 3.05) is 7.05 Å². The first-order chi connectivity index (χ1) is 5.65.